The molecule has 0 bridgehead atoms. The molecule has 8 heteroatoms. The Morgan fingerprint density at radius 2 is 1.75 bits per heavy atom. The highest BCUT2D eigenvalue weighted by Gasteiger charge is 2.21. The minimum Gasteiger partial charge on any atom is -0.352 e. The first-order chi connectivity index (χ1) is 13.3. The highest BCUT2D eigenvalue weighted by molar-refractivity contribution is 9.10. The third kappa shape index (κ3) is 5.86. The van der Waals surface area contributed by atoms with Gasteiger partial charge in [0.05, 0.1) is 4.90 Å². The number of hydrogen-bond donors (Lipinski definition) is 1. The average Bonchev–Trinajstić information content (AvgIpc) is 2.66. The summed E-state index contributed by atoms with van der Waals surface area (Å²) >= 11 is 3.20. The number of halogens is 2. The van der Waals surface area contributed by atoms with Crippen molar-refractivity contribution in [3.05, 3.63) is 63.9 Å². The van der Waals surface area contributed by atoms with Crippen molar-refractivity contribution in [2.24, 2.45) is 0 Å². The zero-order valence-corrected chi connectivity index (χ0v) is 18.3. The molecule has 0 radical (unpaired) electrons. The van der Waals surface area contributed by atoms with E-state index in [1.807, 2.05) is 0 Å². The van der Waals surface area contributed by atoms with Crippen molar-refractivity contribution in [3.8, 4) is 0 Å². The normalized spacial score (nSPS) is 11.6. The van der Waals surface area contributed by atoms with E-state index in [9.17, 15) is 17.6 Å². The smallest absolute Gasteiger partial charge is 0.243 e. The van der Waals surface area contributed by atoms with Crippen molar-refractivity contribution in [2.45, 2.75) is 38.1 Å². The second kappa shape index (κ2) is 10.1. The molecule has 0 aromatic heterocycles. The first-order valence-corrected chi connectivity index (χ1v) is 11.3. The molecule has 0 spiro atoms. The number of nitrogens with one attached hydrogen (secondary N) is 1. The molecule has 0 heterocycles. The average molecular weight is 471 g/mol. The Morgan fingerprint density at radius 1 is 1.11 bits per heavy atom. The van der Waals surface area contributed by atoms with Gasteiger partial charge in [-0.25, -0.2) is 12.8 Å². The monoisotopic (exact) mass is 470 g/mol. The number of sulfonamides is 1. The number of amides is 1. The highest BCUT2D eigenvalue weighted by Crippen LogP contribution is 2.17. The summed E-state index contributed by atoms with van der Waals surface area (Å²) in [4.78, 5) is 12.2. The van der Waals surface area contributed by atoms with E-state index < -0.39 is 10.0 Å². The second-order valence-corrected chi connectivity index (χ2v) is 9.10. The van der Waals surface area contributed by atoms with E-state index in [4.69, 9.17) is 0 Å². The molecular weight excluding hydrogens is 447 g/mol. The van der Waals surface area contributed by atoms with Crippen molar-refractivity contribution in [2.75, 3.05) is 13.1 Å². The number of hydrogen-bond acceptors (Lipinski definition) is 3. The predicted molar refractivity (Wildman–Crippen MR) is 111 cm³/mol. The maximum Gasteiger partial charge on any atom is 0.243 e. The lowest BCUT2D eigenvalue weighted by molar-refractivity contribution is -0.121. The third-order valence-electron chi connectivity index (χ3n) is 4.39. The van der Waals surface area contributed by atoms with Gasteiger partial charge in [-0.2, -0.15) is 4.31 Å². The molecule has 152 valence electrons. The summed E-state index contributed by atoms with van der Waals surface area (Å²) in [5.41, 5.74) is 1.28. The summed E-state index contributed by atoms with van der Waals surface area (Å²) in [5, 5.41) is 2.77. The van der Waals surface area contributed by atoms with Crippen molar-refractivity contribution < 1.29 is 17.6 Å². The van der Waals surface area contributed by atoms with Crippen molar-refractivity contribution >= 4 is 31.9 Å². The van der Waals surface area contributed by atoms with Crippen LogP contribution in [-0.2, 0) is 27.8 Å². The molecule has 0 atom stereocenters. The first-order valence-electron chi connectivity index (χ1n) is 9.07. The molecule has 2 rings (SSSR count). The van der Waals surface area contributed by atoms with Crippen LogP contribution in [0.15, 0.2) is 51.8 Å². The molecular formula is C20H24BrFN2O3S. The Hall–Kier alpha value is -1.77. The molecule has 0 fully saturated rings. The van der Waals surface area contributed by atoms with E-state index in [0.29, 0.717) is 29.5 Å². The Bertz CT molecular complexity index is 914. The van der Waals surface area contributed by atoms with Crippen LogP contribution in [0.25, 0.3) is 0 Å². The van der Waals surface area contributed by atoms with E-state index in [1.165, 1.54) is 10.4 Å². The van der Waals surface area contributed by atoms with Crippen LogP contribution in [0.4, 0.5) is 4.39 Å². The highest BCUT2D eigenvalue weighted by atomic mass is 79.9. The summed E-state index contributed by atoms with van der Waals surface area (Å²) < 4.78 is 40.8. The molecule has 1 amide bonds. The van der Waals surface area contributed by atoms with Gasteiger partial charge in [0.25, 0.3) is 0 Å². The fraction of sp³-hybridized carbons (Fsp3) is 0.350. The van der Waals surface area contributed by atoms with Gasteiger partial charge in [-0.1, -0.05) is 48.0 Å². The van der Waals surface area contributed by atoms with Gasteiger partial charge in [0.1, 0.15) is 5.82 Å². The van der Waals surface area contributed by atoms with Crippen LogP contribution < -0.4 is 5.32 Å². The standard InChI is InChI=1S/C20H24BrFN2O3S/c1-3-24(4-2)28(26,27)18-10-5-15(6-11-18)14-23-20(25)12-8-16-7-9-17(21)13-19(16)22/h5-7,9-11,13H,3-4,8,12,14H2,1-2H3,(H,23,25). The van der Waals surface area contributed by atoms with Gasteiger partial charge < -0.3 is 5.32 Å². The van der Waals surface area contributed by atoms with Crippen LogP contribution in [0.3, 0.4) is 0 Å². The summed E-state index contributed by atoms with van der Waals surface area (Å²) in [6, 6.07) is 11.2. The molecule has 2 aromatic carbocycles. The maximum atomic E-state index is 13.8. The number of rotatable bonds is 9. The van der Waals surface area contributed by atoms with Crippen LogP contribution in [0.5, 0.6) is 0 Å². The molecule has 2 aromatic rings. The van der Waals surface area contributed by atoms with Crippen molar-refractivity contribution in [3.63, 3.8) is 0 Å². The molecule has 0 saturated carbocycles. The number of nitrogens with zero attached hydrogens (tertiary/aromatic N) is 1. The lowest BCUT2D eigenvalue weighted by Gasteiger charge is -2.18. The van der Waals surface area contributed by atoms with Crippen LogP contribution in [0, 0.1) is 5.82 Å². The largest absolute Gasteiger partial charge is 0.352 e. The van der Waals surface area contributed by atoms with Crippen LogP contribution >= 0.6 is 15.9 Å². The summed E-state index contributed by atoms with van der Waals surface area (Å²) in [6.07, 6.45) is 0.485. The molecule has 5 nitrogen and oxygen atoms in total. The van der Waals surface area contributed by atoms with Gasteiger partial charge in [0.15, 0.2) is 0 Å². The molecule has 0 saturated heterocycles. The van der Waals surface area contributed by atoms with Crippen LogP contribution in [0.1, 0.15) is 31.4 Å². The summed E-state index contributed by atoms with van der Waals surface area (Å²) in [6.45, 7) is 4.70. The van der Waals surface area contributed by atoms with Crippen molar-refractivity contribution in [1.29, 1.82) is 0 Å². The SMILES string of the molecule is CCN(CC)S(=O)(=O)c1ccc(CNC(=O)CCc2ccc(Br)cc2F)cc1. The lowest BCUT2D eigenvalue weighted by Crippen LogP contribution is -2.30. The summed E-state index contributed by atoms with van der Waals surface area (Å²) in [7, 11) is -3.49. The van der Waals surface area contributed by atoms with Gasteiger partial charge in [-0.3, -0.25) is 4.79 Å². The van der Waals surface area contributed by atoms with Gasteiger partial charge in [-0.05, 0) is 41.8 Å². The number of carbonyl (C=O) groups excluding carboxylic acids is 1. The fourth-order valence-electron chi connectivity index (χ4n) is 2.75. The van der Waals surface area contributed by atoms with Crippen LogP contribution in [0.2, 0.25) is 0 Å². The Labute approximate surface area is 174 Å². The lowest BCUT2D eigenvalue weighted by atomic mass is 10.1. The Kier molecular flexibility index (Phi) is 8.15. The number of benzene rings is 2. The molecule has 1 N–H and O–H groups in total. The summed E-state index contributed by atoms with van der Waals surface area (Å²) in [5.74, 6) is -0.533. The van der Waals surface area contributed by atoms with E-state index >= 15 is 0 Å². The van der Waals surface area contributed by atoms with Gasteiger partial charge >= 0.3 is 0 Å². The number of aryl methyl sites for hydroxylation is 1. The Morgan fingerprint density at radius 3 is 2.32 bits per heavy atom. The van der Waals surface area contributed by atoms with E-state index in [-0.39, 0.29) is 29.6 Å². The van der Waals surface area contributed by atoms with Gasteiger partial charge in [0, 0.05) is 30.5 Å². The second-order valence-electron chi connectivity index (χ2n) is 6.25. The third-order valence-corrected chi connectivity index (χ3v) is 6.95. The zero-order chi connectivity index (χ0) is 20.7. The molecule has 28 heavy (non-hydrogen) atoms. The Balaban J connectivity index is 1.89. The molecule has 0 aliphatic heterocycles. The van der Waals surface area contributed by atoms with E-state index in [0.717, 1.165) is 5.56 Å². The zero-order valence-electron chi connectivity index (χ0n) is 15.9. The minimum atomic E-state index is -3.49. The maximum absolute atomic E-state index is 13.8. The molecule has 0 aliphatic carbocycles. The molecule has 0 aliphatic rings. The quantitative estimate of drug-likeness (QED) is 0.604. The van der Waals surface area contributed by atoms with Crippen LogP contribution in [-0.4, -0.2) is 31.7 Å². The van der Waals surface area contributed by atoms with Gasteiger partial charge in [-0.15, -0.1) is 0 Å². The minimum absolute atomic E-state index is 0.174. The predicted octanol–water partition coefficient (Wildman–Crippen LogP) is 3.87. The van der Waals surface area contributed by atoms with E-state index in [1.54, 1.807) is 50.2 Å². The first kappa shape index (κ1) is 22.5. The number of carbonyl (C=O) groups is 1. The van der Waals surface area contributed by atoms with Gasteiger partial charge in [0.2, 0.25) is 15.9 Å². The van der Waals surface area contributed by atoms with Crippen molar-refractivity contribution in [1.82, 2.24) is 9.62 Å². The van der Waals surface area contributed by atoms with E-state index in [2.05, 4.69) is 21.2 Å². The fourth-order valence-corrected chi connectivity index (χ4v) is 4.54. The molecule has 0 unspecified atom stereocenters. The topological polar surface area (TPSA) is 66.5 Å².